The maximum absolute atomic E-state index is 12.7. The third-order valence-electron chi connectivity index (χ3n) is 4.67. The Morgan fingerprint density at radius 2 is 2.18 bits per heavy atom. The topological polar surface area (TPSA) is 68.7 Å². The van der Waals surface area contributed by atoms with Gasteiger partial charge in [-0.25, -0.2) is 4.98 Å². The Bertz CT molecular complexity index is 864. The first-order chi connectivity index (χ1) is 13.4. The molecule has 0 radical (unpaired) electrons. The number of anilines is 1. The summed E-state index contributed by atoms with van der Waals surface area (Å²) in [6.07, 6.45) is 1.89. The molecule has 0 saturated carbocycles. The van der Waals surface area contributed by atoms with E-state index in [0.29, 0.717) is 11.4 Å². The van der Waals surface area contributed by atoms with E-state index in [2.05, 4.69) is 11.9 Å². The molecule has 0 spiro atoms. The highest BCUT2D eigenvalue weighted by Crippen LogP contribution is 2.37. The molecular formula is C21H26N2O4S. The quantitative estimate of drug-likeness (QED) is 0.649. The van der Waals surface area contributed by atoms with Crippen LogP contribution in [0.1, 0.15) is 45.5 Å². The van der Waals surface area contributed by atoms with Crippen molar-refractivity contribution in [2.45, 2.75) is 59.2 Å². The summed E-state index contributed by atoms with van der Waals surface area (Å²) < 4.78 is 11.1. The smallest absolute Gasteiger partial charge is 0.326 e. The number of benzene rings is 1. The van der Waals surface area contributed by atoms with Gasteiger partial charge >= 0.3 is 5.97 Å². The third kappa shape index (κ3) is 4.35. The predicted octanol–water partition coefficient (Wildman–Crippen LogP) is 4.22. The second kappa shape index (κ2) is 8.73. The number of nitrogens with zero attached hydrogens (tertiary/aromatic N) is 2. The zero-order chi connectivity index (χ0) is 20.3. The summed E-state index contributed by atoms with van der Waals surface area (Å²) in [5.74, 6) is -0.0982. The van der Waals surface area contributed by atoms with Crippen LogP contribution in [0.2, 0.25) is 0 Å². The normalized spacial score (nSPS) is 17.1. The van der Waals surface area contributed by atoms with Crippen LogP contribution in [0.15, 0.2) is 23.6 Å². The van der Waals surface area contributed by atoms with Gasteiger partial charge in [0.25, 0.3) is 5.91 Å². The molecule has 150 valence electrons. The lowest BCUT2D eigenvalue weighted by atomic mass is 10.1. The molecule has 2 heterocycles. The number of hydrogen-bond donors (Lipinski definition) is 0. The first-order valence-electron chi connectivity index (χ1n) is 9.69. The molecule has 1 aromatic carbocycles. The summed E-state index contributed by atoms with van der Waals surface area (Å²) >= 11 is 1.63. The van der Waals surface area contributed by atoms with Crippen molar-refractivity contribution in [2.75, 3.05) is 11.4 Å². The maximum Gasteiger partial charge on any atom is 0.326 e. The monoisotopic (exact) mass is 402 g/mol. The van der Waals surface area contributed by atoms with Crippen LogP contribution in [0, 0.1) is 0 Å². The van der Waals surface area contributed by atoms with E-state index >= 15 is 0 Å². The van der Waals surface area contributed by atoms with E-state index < -0.39 is 12.1 Å². The molecule has 0 aliphatic carbocycles. The Balaban J connectivity index is 1.90. The Labute approximate surface area is 169 Å². The highest BCUT2D eigenvalue weighted by atomic mass is 32.1. The molecule has 7 heteroatoms. The average Bonchev–Trinajstić information content (AvgIpc) is 3.14. The van der Waals surface area contributed by atoms with E-state index in [9.17, 15) is 9.59 Å². The van der Waals surface area contributed by atoms with Crippen LogP contribution in [-0.4, -0.2) is 35.6 Å². The van der Waals surface area contributed by atoms with Gasteiger partial charge in [-0.1, -0.05) is 13.8 Å². The van der Waals surface area contributed by atoms with E-state index in [1.165, 1.54) is 4.90 Å². The van der Waals surface area contributed by atoms with Gasteiger partial charge in [-0.05, 0) is 51.3 Å². The first-order valence-corrected chi connectivity index (χ1v) is 10.6. The molecule has 1 amide bonds. The number of thiazole rings is 1. The van der Waals surface area contributed by atoms with Gasteiger partial charge in [-0.15, -0.1) is 11.3 Å². The lowest BCUT2D eigenvalue weighted by Crippen LogP contribution is -2.47. The minimum atomic E-state index is -0.648. The summed E-state index contributed by atoms with van der Waals surface area (Å²) in [5, 5.41) is 3.10. The van der Waals surface area contributed by atoms with Crippen LogP contribution in [0.4, 0.5) is 5.69 Å². The fourth-order valence-electron chi connectivity index (χ4n) is 2.98. The van der Waals surface area contributed by atoms with Crippen molar-refractivity contribution in [3.05, 3.63) is 28.6 Å². The Morgan fingerprint density at radius 1 is 1.39 bits per heavy atom. The molecule has 1 aliphatic heterocycles. The van der Waals surface area contributed by atoms with Crippen molar-refractivity contribution in [3.63, 3.8) is 0 Å². The summed E-state index contributed by atoms with van der Waals surface area (Å²) in [7, 11) is 0. The zero-order valence-electron chi connectivity index (χ0n) is 16.7. The molecule has 28 heavy (non-hydrogen) atoms. The lowest BCUT2D eigenvalue weighted by Gasteiger charge is -2.32. The largest absolute Gasteiger partial charge is 0.479 e. The Morgan fingerprint density at radius 3 is 2.89 bits per heavy atom. The van der Waals surface area contributed by atoms with Crippen molar-refractivity contribution < 1.29 is 19.1 Å². The van der Waals surface area contributed by atoms with Crippen LogP contribution in [0.3, 0.4) is 0 Å². The van der Waals surface area contributed by atoms with Gasteiger partial charge in [0.1, 0.15) is 12.3 Å². The highest BCUT2D eigenvalue weighted by Gasteiger charge is 2.33. The number of amides is 1. The molecule has 3 rings (SSSR count). The second-order valence-electron chi connectivity index (χ2n) is 6.95. The molecule has 0 bridgehead atoms. The van der Waals surface area contributed by atoms with Crippen molar-refractivity contribution in [2.24, 2.45) is 0 Å². The highest BCUT2D eigenvalue weighted by molar-refractivity contribution is 7.09. The van der Waals surface area contributed by atoms with Gasteiger partial charge in [0, 0.05) is 10.9 Å². The number of rotatable bonds is 7. The number of aromatic nitrogens is 1. The second-order valence-corrected chi connectivity index (χ2v) is 7.89. The van der Waals surface area contributed by atoms with E-state index in [1.54, 1.807) is 18.3 Å². The fourth-order valence-corrected chi connectivity index (χ4v) is 3.89. The van der Waals surface area contributed by atoms with E-state index in [4.69, 9.17) is 9.47 Å². The molecule has 2 atom stereocenters. The number of carbonyl (C=O) groups is 2. The van der Waals surface area contributed by atoms with Crippen LogP contribution in [0.5, 0.6) is 5.75 Å². The van der Waals surface area contributed by atoms with Crippen molar-refractivity contribution >= 4 is 28.9 Å². The molecule has 2 unspecified atom stereocenters. The number of aryl methyl sites for hydroxylation is 1. The molecule has 1 aliphatic rings. The predicted molar refractivity (Wildman–Crippen MR) is 110 cm³/mol. The standard InChI is InChI=1S/C21H26N2O4S/c1-5-7-19-22-16(12-28-19)15-8-9-18-17(10-15)23(21(25)14(4)27-18)11-20(24)26-13(3)6-2/h8-10,12-14H,5-7,11H2,1-4H3. The van der Waals surface area contributed by atoms with Gasteiger partial charge in [-0.3, -0.25) is 14.5 Å². The number of hydrogen-bond acceptors (Lipinski definition) is 6. The van der Waals surface area contributed by atoms with Crippen LogP contribution < -0.4 is 9.64 Å². The average molecular weight is 403 g/mol. The fraction of sp³-hybridized carbons (Fsp3) is 0.476. The number of fused-ring (bicyclic) bond motifs is 1. The zero-order valence-corrected chi connectivity index (χ0v) is 17.5. The number of carbonyl (C=O) groups excluding carboxylic acids is 2. The van der Waals surface area contributed by atoms with Gasteiger partial charge in [0.05, 0.1) is 22.5 Å². The van der Waals surface area contributed by atoms with Crippen LogP contribution in [0.25, 0.3) is 11.3 Å². The minimum Gasteiger partial charge on any atom is -0.479 e. The van der Waals surface area contributed by atoms with E-state index in [1.807, 2.05) is 37.4 Å². The van der Waals surface area contributed by atoms with Gasteiger partial charge in [0.2, 0.25) is 0 Å². The van der Waals surface area contributed by atoms with Crippen molar-refractivity contribution in [1.82, 2.24) is 4.98 Å². The van der Waals surface area contributed by atoms with Gasteiger partial charge in [-0.2, -0.15) is 0 Å². The third-order valence-corrected chi connectivity index (χ3v) is 5.58. The van der Waals surface area contributed by atoms with Crippen LogP contribution in [-0.2, 0) is 20.7 Å². The SMILES string of the molecule is CCCc1nc(-c2ccc3c(c2)N(CC(=O)OC(C)CC)C(=O)C(C)O3)cs1. The first kappa shape index (κ1) is 20.3. The van der Waals surface area contributed by atoms with E-state index in [-0.39, 0.29) is 18.6 Å². The van der Waals surface area contributed by atoms with Crippen molar-refractivity contribution in [1.29, 1.82) is 0 Å². The molecule has 1 aromatic heterocycles. The number of ether oxygens (including phenoxy) is 2. The minimum absolute atomic E-state index is 0.133. The number of esters is 1. The molecule has 0 fully saturated rings. The molecule has 0 saturated heterocycles. The summed E-state index contributed by atoms with van der Waals surface area (Å²) in [6, 6.07) is 5.63. The van der Waals surface area contributed by atoms with Crippen LogP contribution >= 0.6 is 11.3 Å². The Kier molecular flexibility index (Phi) is 6.34. The Hall–Kier alpha value is -2.41. The summed E-state index contributed by atoms with van der Waals surface area (Å²) in [4.78, 5) is 31.1. The molecular weight excluding hydrogens is 376 g/mol. The maximum atomic E-state index is 12.7. The van der Waals surface area contributed by atoms with Gasteiger partial charge in [0.15, 0.2) is 6.10 Å². The molecule has 6 nitrogen and oxygen atoms in total. The van der Waals surface area contributed by atoms with Crippen molar-refractivity contribution in [3.8, 4) is 17.0 Å². The lowest BCUT2D eigenvalue weighted by molar-refractivity contribution is -0.147. The van der Waals surface area contributed by atoms with E-state index in [0.717, 1.165) is 35.5 Å². The summed E-state index contributed by atoms with van der Waals surface area (Å²) in [6.45, 7) is 7.46. The molecule has 0 N–H and O–H groups in total. The summed E-state index contributed by atoms with van der Waals surface area (Å²) in [5.41, 5.74) is 2.33. The molecule has 2 aromatic rings. The van der Waals surface area contributed by atoms with Gasteiger partial charge < -0.3 is 9.47 Å².